The zero-order chi connectivity index (χ0) is 19.0. The van der Waals surface area contributed by atoms with Crippen LogP contribution in [0.5, 0.6) is 0 Å². The standard InChI is InChI=1S/C27H30/c1-5-27(6-2)17-20(4)26-16-22(12-14-24(26)18-27)21-11-13-23(15-21)25-10-8-7-9-19(25)3/h7-12,14-16H,4-6,13,17-18H2,1-3H3. The highest BCUT2D eigenvalue weighted by Gasteiger charge is 2.33. The molecule has 0 heteroatoms. The minimum absolute atomic E-state index is 0.413. The Morgan fingerprint density at radius 2 is 1.74 bits per heavy atom. The van der Waals surface area contributed by atoms with E-state index >= 15 is 0 Å². The van der Waals surface area contributed by atoms with Gasteiger partial charge in [-0.1, -0.05) is 69.0 Å². The Morgan fingerprint density at radius 1 is 0.963 bits per heavy atom. The van der Waals surface area contributed by atoms with Gasteiger partial charge in [-0.2, -0.15) is 0 Å². The lowest BCUT2D eigenvalue weighted by molar-refractivity contribution is 0.261. The summed E-state index contributed by atoms with van der Waals surface area (Å²) in [5.41, 5.74) is 11.5. The first-order valence-electron chi connectivity index (χ1n) is 10.3. The van der Waals surface area contributed by atoms with Crippen LogP contribution < -0.4 is 0 Å². The Hall–Kier alpha value is -2.34. The molecular formula is C27H30. The second-order valence-corrected chi connectivity index (χ2v) is 8.38. The molecule has 2 aliphatic rings. The van der Waals surface area contributed by atoms with E-state index in [4.69, 9.17) is 0 Å². The summed E-state index contributed by atoms with van der Waals surface area (Å²) in [6.45, 7) is 11.3. The van der Waals surface area contributed by atoms with Gasteiger partial charge in [0.15, 0.2) is 0 Å². The van der Waals surface area contributed by atoms with Crippen LogP contribution in [-0.2, 0) is 6.42 Å². The molecule has 0 aromatic heterocycles. The monoisotopic (exact) mass is 354 g/mol. The van der Waals surface area contributed by atoms with Gasteiger partial charge >= 0.3 is 0 Å². The second-order valence-electron chi connectivity index (χ2n) is 8.38. The van der Waals surface area contributed by atoms with E-state index < -0.39 is 0 Å². The molecule has 0 heterocycles. The van der Waals surface area contributed by atoms with Gasteiger partial charge in [0.1, 0.15) is 0 Å². The van der Waals surface area contributed by atoms with Crippen LogP contribution in [-0.4, -0.2) is 0 Å². The smallest absolute Gasteiger partial charge is 0.00820 e. The molecule has 0 spiro atoms. The van der Waals surface area contributed by atoms with Crippen LogP contribution in [0.4, 0.5) is 0 Å². The van der Waals surface area contributed by atoms with Crippen molar-refractivity contribution in [3.8, 4) is 0 Å². The van der Waals surface area contributed by atoms with Crippen molar-refractivity contribution in [2.75, 3.05) is 0 Å². The average Bonchev–Trinajstić information content (AvgIpc) is 3.18. The van der Waals surface area contributed by atoms with Crippen molar-refractivity contribution in [1.82, 2.24) is 0 Å². The zero-order valence-corrected chi connectivity index (χ0v) is 16.9. The number of hydrogen-bond donors (Lipinski definition) is 0. The Morgan fingerprint density at radius 3 is 2.48 bits per heavy atom. The van der Waals surface area contributed by atoms with Crippen LogP contribution >= 0.6 is 0 Å². The lowest BCUT2D eigenvalue weighted by atomic mass is 9.66. The van der Waals surface area contributed by atoms with Crippen LogP contribution in [0.1, 0.15) is 67.3 Å². The fraction of sp³-hybridized carbons (Fsp3) is 0.333. The van der Waals surface area contributed by atoms with Crippen molar-refractivity contribution >= 4 is 16.7 Å². The minimum Gasteiger partial charge on any atom is -0.0952 e. The molecule has 0 radical (unpaired) electrons. The van der Waals surface area contributed by atoms with Crippen LogP contribution in [0.25, 0.3) is 16.7 Å². The first kappa shape index (κ1) is 18.0. The number of aryl methyl sites for hydroxylation is 1. The SMILES string of the molecule is C=C1CC(CC)(CC)Cc2ccc(C3=CCC(c4ccccc4C)=C3)cc21. The molecule has 0 N–H and O–H groups in total. The summed E-state index contributed by atoms with van der Waals surface area (Å²) in [5.74, 6) is 0. The summed E-state index contributed by atoms with van der Waals surface area (Å²) >= 11 is 0. The molecule has 0 saturated carbocycles. The Labute approximate surface area is 164 Å². The molecule has 2 aromatic carbocycles. The van der Waals surface area contributed by atoms with E-state index in [9.17, 15) is 0 Å². The van der Waals surface area contributed by atoms with Gasteiger partial charge in [-0.3, -0.25) is 0 Å². The molecule has 2 aromatic rings. The van der Waals surface area contributed by atoms with Crippen molar-refractivity contribution in [2.24, 2.45) is 5.41 Å². The lowest BCUT2D eigenvalue weighted by Gasteiger charge is -2.38. The predicted octanol–water partition coefficient (Wildman–Crippen LogP) is 7.63. The van der Waals surface area contributed by atoms with Crippen LogP contribution in [0.2, 0.25) is 0 Å². The van der Waals surface area contributed by atoms with Crippen molar-refractivity contribution in [3.63, 3.8) is 0 Å². The van der Waals surface area contributed by atoms with Crippen LogP contribution in [0, 0.1) is 12.3 Å². The van der Waals surface area contributed by atoms with Crippen molar-refractivity contribution in [3.05, 3.63) is 89.0 Å². The van der Waals surface area contributed by atoms with Crippen molar-refractivity contribution < 1.29 is 0 Å². The first-order valence-corrected chi connectivity index (χ1v) is 10.3. The number of hydrogen-bond acceptors (Lipinski definition) is 0. The van der Waals surface area contributed by atoms with Crippen molar-refractivity contribution in [2.45, 2.75) is 52.9 Å². The predicted molar refractivity (Wildman–Crippen MR) is 119 cm³/mol. The van der Waals surface area contributed by atoms with E-state index in [1.54, 1.807) is 0 Å². The molecule has 0 aliphatic heterocycles. The van der Waals surface area contributed by atoms with E-state index in [-0.39, 0.29) is 0 Å². The fourth-order valence-corrected chi connectivity index (χ4v) is 4.85. The zero-order valence-electron chi connectivity index (χ0n) is 16.9. The molecule has 0 fully saturated rings. The number of fused-ring (bicyclic) bond motifs is 1. The lowest BCUT2D eigenvalue weighted by Crippen LogP contribution is -2.26. The molecule has 0 unspecified atom stereocenters. The molecular weight excluding hydrogens is 324 g/mol. The summed E-state index contributed by atoms with van der Waals surface area (Å²) in [5, 5.41) is 0. The summed E-state index contributed by atoms with van der Waals surface area (Å²) in [4.78, 5) is 0. The van der Waals surface area contributed by atoms with Gasteiger partial charge in [0, 0.05) is 0 Å². The summed E-state index contributed by atoms with van der Waals surface area (Å²) in [6.07, 6.45) is 10.6. The van der Waals surface area contributed by atoms with E-state index in [1.165, 1.54) is 63.8 Å². The van der Waals surface area contributed by atoms with Crippen LogP contribution in [0.3, 0.4) is 0 Å². The molecule has 0 atom stereocenters. The van der Waals surface area contributed by atoms with E-state index in [0.29, 0.717) is 5.41 Å². The van der Waals surface area contributed by atoms with E-state index in [2.05, 4.69) is 82.0 Å². The second kappa shape index (κ2) is 7.00. The van der Waals surface area contributed by atoms with Gasteiger partial charge < -0.3 is 0 Å². The summed E-state index contributed by atoms with van der Waals surface area (Å²) in [6, 6.07) is 15.7. The van der Waals surface area contributed by atoms with E-state index in [1.807, 2.05) is 0 Å². The van der Waals surface area contributed by atoms with Gasteiger partial charge in [0.25, 0.3) is 0 Å². The Bertz CT molecular complexity index is 948. The highest BCUT2D eigenvalue weighted by atomic mass is 14.4. The van der Waals surface area contributed by atoms with Crippen molar-refractivity contribution in [1.29, 1.82) is 0 Å². The quantitative estimate of drug-likeness (QED) is 0.529. The normalized spacial score (nSPS) is 18.1. The van der Waals surface area contributed by atoms with Gasteiger partial charge in [-0.05, 0) is 95.0 Å². The number of rotatable bonds is 4. The molecule has 0 bridgehead atoms. The van der Waals surface area contributed by atoms with E-state index in [0.717, 1.165) is 12.8 Å². The molecule has 4 rings (SSSR count). The molecule has 0 saturated heterocycles. The average molecular weight is 355 g/mol. The highest BCUT2D eigenvalue weighted by molar-refractivity contribution is 5.90. The van der Waals surface area contributed by atoms with Gasteiger partial charge in [0.2, 0.25) is 0 Å². The minimum atomic E-state index is 0.413. The fourth-order valence-electron chi connectivity index (χ4n) is 4.85. The number of benzene rings is 2. The molecule has 0 nitrogen and oxygen atoms in total. The molecule has 0 amide bonds. The maximum absolute atomic E-state index is 4.45. The molecule has 27 heavy (non-hydrogen) atoms. The molecule has 2 aliphatic carbocycles. The maximum atomic E-state index is 4.45. The van der Waals surface area contributed by atoms with Gasteiger partial charge in [-0.15, -0.1) is 0 Å². The number of allylic oxidation sites excluding steroid dienone is 5. The third-order valence-electron chi connectivity index (χ3n) is 6.84. The Balaban J connectivity index is 1.65. The highest BCUT2D eigenvalue weighted by Crippen LogP contribution is 2.46. The third-order valence-corrected chi connectivity index (χ3v) is 6.84. The summed E-state index contributed by atoms with van der Waals surface area (Å²) in [7, 11) is 0. The van der Waals surface area contributed by atoms with Gasteiger partial charge in [0.05, 0.1) is 0 Å². The maximum Gasteiger partial charge on any atom is -0.00820 e. The molecule has 138 valence electrons. The van der Waals surface area contributed by atoms with Crippen LogP contribution in [0.15, 0.2) is 61.2 Å². The van der Waals surface area contributed by atoms with Gasteiger partial charge in [-0.25, -0.2) is 0 Å². The topological polar surface area (TPSA) is 0 Å². The third kappa shape index (κ3) is 3.23. The largest absolute Gasteiger partial charge is 0.0952 e. The first-order chi connectivity index (χ1) is 13.0. The Kier molecular flexibility index (Phi) is 4.68. The summed E-state index contributed by atoms with van der Waals surface area (Å²) < 4.78 is 0.